The van der Waals surface area contributed by atoms with E-state index in [0.717, 1.165) is 29.0 Å². The third kappa shape index (κ3) is 5.09. The first-order valence-electron chi connectivity index (χ1n) is 10.6. The van der Waals surface area contributed by atoms with Gasteiger partial charge in [0, 0.05) is 25.4 Å². The van der Waals surface area contributed by atoms with Crippen LogP contribution in [0.1, 0.15) is 28.7 Å². The molecule has 0 radical (unpaired) electrons. The fraction of sp³-hybridized carbons (Fsp3) is 0.240. The largest absolute Gasteiger partial charge is 0.492 e. The zero-order valence-corrected chi connectivity index (χ0v) is 17.6. The molecule has 0 saturated carbocycles. The van der Waals surface area contributed by atoms with Crippen LogP contribution in [0.25, 0.3) is 11.0 Å². The Morgan fingerprint density at radius 3 is 2.68 bits per heavy atom. The number of hydrogen-bond donors (Lipinski definition) is 1. The Morgan fingerprint density at radius 2 is 1.90 bits per heavy atom. The summed E-state index contributed by atoms with van der Waals surface area (Å²) >= 11 is 0. The van der Waals surface area contributed by atoms with Gasteiger partial charge in [0.15, 0.2) is 0 Å². The summed E-state index contributed by atoms with van der Waals surface area (Å²) in [5.74, 6) is 1.67. The molecular weight excluding hydrogens is 388 g/mol. The van der Waals surface area contributed by atoms with Gasteiger partial charge in [-0.25, -0.2) is 4.98 Å². The molecule has 0 atom stereocenters. The van der Waals surface area contributed by atoms with Crippen LogP contribution in [0.2, 0.25) is 0 Å². The molecule has 6 nitrogen and oxygen atoms in total. The van der Waals surface area contributed by atoms with Crippen LogP contribution in [-0.2, 0) is 19.4 Å². The van der Waals surface area contributed by atoms with Gasteiger partial charge in [0.2, 0.25) is 0 Å². The summed E-state index contributed by atoms with van der Waals surface area (Å²) in [5, 5.41) is 2.95. The van der Waals surface area contributed by atoms with Gasteiger partial charge in [0.1, 0.15) is 18.2 Å². The molecule has 0 aliphatic heterocycles. The van der Waals surface area contributed by atoms with Gasteiger partial charge in [0.25, 0.3) is 5.91 Å². The van der Waals surface area contributed by atoms with Crippen LogP contribution in [-0.4, -0.2) is 33.6 Å². The van der Waals surface area contributed by atoms with Gasteiger partial charge in [-0.3, -0.25) is 9.78 Å². The molecule has 2 aromatic carbocycles. The Labute approximate surface area is 181 Å². The van der Waals surface area contributed by atoms with E-state index < -0.39 is 0 Å². The lowest BCUT2D eigenvalue weighted by molar-refractivity contribution is 0.0953. The van der Waals surface area contributed by atoms with Gasteiger partial charge < -0.3 is 14.6 Å². The minimum atomic E-state index is -0.130. The third-order valence-electron chi connectivity index (χ3n) is 5.21. The number of rotatable bonds is 9. The van der Waals surface area contributed by atoms with Crippen molar-refractivity contribution in [3.63, 3.8) is 0 Å². The standard InChI is InChI=1S/C25H26N4O2/c1-2-19-9-11-21(12-10-19)31-17-16-29-23-8-4-3-7-22(23)28-24(29)13-15-27-25(30)20-6-5-14-26-18-20/h3-12,14,18H,2,13,15-17H2,1H3,(H,27,30). The zero-order valence-electron chi connectivity index (χ0n) is 17.6. The number of imidazole rings is 1. The molecule has 1 N–H and O–H groups in total. The number of fused-ring (bicyclic) bond motifs is 1. The molecule has 6 heteroatoms. The lowest BCUT2D eigenvalue weighted by Gasteiger charge is -2.12. The molecule has 4 rings (SSSR count). The Bertz CT molecular complexity index is 1140. The van der Waals surface area contributed by atoms with E-state index in [2.05, 4.69) is 40.0 Å². The van der Waals surface area contributed by atoms with E-state index in [1.54, 1.807) is 24.5 Å². The number of nitrogens with zero attached hydrogens (tertiary/aromatic N) is 3. The number of hydrogen-bond acceptors (Lipinski definition) is 4. The first kappa shape index (κ1) is 20.6. The molecule has 1 amide bonds. The SMILES string of the molecule is CCc1ccc(OCCn2c(CCNC(=O)c3cccnc3)nc3ccccc32)cc1. The lowest BCUT2D eigenvalue weighted by Crippen LogP contribution is -2.26. The summed E-state index contributed by atoms with van der Waals surface area (Å²) in [6.07, 6.45) is 4.86. The van der Waals surface area contributed by atoms with E-state index in [1.807, 2.05) is 30.3 Å². The number of aryl methyl sites for hydroxylation is 1. The van der Waals surface area contributed by atoms with E-state index in [0.29, 0.717) is 31.7 Å². The number of pyridine rings is 1. The highest BCUT2D eigenvalue weighted by Gasteiger charge is 2.11. The van der Waals surface area contributed by atoms with Gasteiger partial charge in [-0.1, -0.05) is 31.2 Å². The van der Waals surface area contributed by atoms with Crippen molar-refractivity contribution in [1.82, 2.24) is 19.9 Å². The van der Waals surface area contributed by atoms with Crippen molar-refractivity contribution < 1.29 is 9.53 Å². The number of carbonyl (C=O) groups excluding carboxylic acids is 1. The molecule has 31 heavy (non-hydrogen) atoms. The molecule has 0 aliphatic rings. The van der Waals surface area contributed by atoms with Crippen LogP contribution in [0, 0.1) is 0 Å². The van der Waals surface area contributed by atoms with E-state index >= 15 is 0 Å². The Kier molecular flexibility index (Phi) is 6.57. The van der Waals surface area contributed by atoms with Gasteiger partial charge in [-0.2, -0.15) is 0 Å². The first-order chi connectivity index (χ1) is 15.2. The van der Waals surface area contributed by atoms with Gasteiger partial charge in [-0.05, 0) is 48.4 Å². The third-order valence-corrected chi connectivity index (χ3v) is 5.21. The summed E-state index contributed by atoms with van der Waals surface area (Å²) in [4.78, 5) is 21.0. The Balaban J connectivity index is 1.41. The monoisotopic (exact) mass is 414 g/mol. The maximum absolute atomic E-state index is 12.3. The summed E-state index contributed by atoms with van der Waals surface area (Å²) in [6.45, 7) is 3.86. The van der Waals surface area contributed by atoms with E-state index in [4.69, 9.17) is 9.72 Å². The molecular formula is C25H26N4O2. The van der Waals surface area contributed by atoms with Crippen LogP contribution in [0.5, 0.6) is 5.75 Å². The second-order valence-corrected chi connectivity index (χ2v) is 7.26. The van der Waals surface area contributed by atoms with Crippen molar-refractivity contribution in [2.45, 2.75) is 26.3 Å². The van der Waals surface area contributed by atoms with Crippen molar-refractivity contribution >= 4 is 16.9 Å². The summed E-state index contributed by atoms with van der Waals surface area (Å²) in [6, 6.07) is 19.8. The van der Waals surface area contributed by atoms with E-state index in [1.165, 1.54) is 5.56 Å². The molecule has 0 fully saturated rings. The number of ether oxygens (including phenoxy) is 1. The molecule has 0 unspecified atom stereocenters. The number of aromatic nitrogens is 3. The molecule has 0 spiro atoms. The normalized spacial score (nSPS) is 10.9. The number of para-hydroxylation sites is 2. The molecule has 0 saturated heterocycles. The van der Waals surface area contributed by atoms with Gasteiger partial charge in [-0.15, -0.1) is 0 Å². The van der Waals surface area contributed by atoms with Crippen molar-refractivity contribution in [3.8, 4) is 5.75 Å². The van der Waals surface area contributed by atoms with Crippen LogP contribution in [0.3, 0.4) is 0 Å². The predicted octanol–water partition coefficient (Wildman–Crippen LogP) is 4.05. The average molecular weight is 415 g/mol. The van der Waals surface area contributed by atoms with Crippen molar-refractivity contribution in [3.05, 3.63) is 90.0 Å². The second-order valence-electron chi connectivity index (χ2n) is 7.26. The Morgan fingerprint density at radius 1 is 1.06 bits per heavy atom. The van der Waals surface area contributed by atoms with Crippen LogP contribution in [0.15, 0.2) is 73.1 Å². The fourth-order valence-corrected chi connectivity index (χ4v) is 3.53. The average Bonchev–Trinajstić information content (AvgIpc) is 3.17. The molecule has 158 valence electrons. The molecule has 0 aliphatic carbocycles. The first-order valence-corrected chi connectivity index (χ1v) is 10.6. The molecule has 2 heterocycles. The quantitative estimate of drug-likeness (QED) is 0.449. The summed E-state index contributed by atoms with van der Waals surface area (Å²) in [5.41, 5.74) is 3.87. The summed E-state index contributed by atoms with van der Waals surface area (Å²) < 4.78 is 8.13. The minimum absolute atomic E-state index is 0.130. The maximum Gasteiger partial charge on any atom is 0.252 e. The highest BCUT2D eigenvalue weighted by molar-refractivity contribution is 5.93. The van der Waals surface area contributed by atoms with Crippen molar-refractivity contribution in [2.24, 2.45) is 0 Å². The van der Waals surface area contributed by atoms with E-state index in [9.17, 15) is 4.79 Å². The number of nitrogens with one attached hydrogen (secondary N) is 1. The van der Waals surface area contributed by atoms with Crippen molar-refractivity contribution in [2.75, 3.05) is 13.2 Å². The van der Waals surface area contributed by atoms with E-state index in [-0.39, 0.29) is 5.91 Å². The predicted molar refractivity (Wildman–Crippen MR) is 121 cm³/mol. The molecule has 4 aromatic rings. The fourth-order valence-electron chi connectivity index (χ4n) is 3.53. The molecule has 2 aromatic heterocycles. The lowest BCUT2D eigenvalue weighted by atomic mass is 10.2. The van der Waals surface area contributed by atoms with Crippen LogP contribution < -0.4 is 10.1 Å². The van der Waals surface area contributed by atoms with Crippen LogP contribution >= 0.6 is 0 Å². The second kappa shape index (κ2) is 9.89. The Hall–Kier alpha value is -3.67. The van der Waals surface area contributed by atoms with Crippen LogP contribution in [0.4, 0.5) is 0 Å². The summed E-state index contributed by atoms with van der Waals surface area (Å²) in [7, 11) is 0. The smallest absolute Gasteiger partial charge is 0.252 e. The minimum Gasteiger partial charge on any atom is -0.492 e. The van der Waals surface area contributed by atoms with Crippen molar-refractivity contribution in [1.29, 1.82) is 0 Å². The topological polar surface area (TPSA) is 69.0 Å². The van der Waals surface area contributed by atoms with Gasteiger partial charge in [0.05, 0.1) is 23.1 Å². The highest BCUT2D eigenvalue weighted by Crippen LogP contribution is 2.17. The zero-order chi connectivity index (χ0) is 21.5. The van der Waals surface area contributed by atoms with Gasteiger partial charge >= 0.3 is 0 Å². The number of benzene rings is 2. The number of amides is 1. The molecule has 0 bridgehead atoms. The maximum atomic E-state index is 12.3. The highest BCUT2D eigenvalue weighted by atomic mass is 16.5. The number of carbonyl (C=O) groups is 1.